The molecule has 1 aromatic rings. The van der Waals surface area contributed by atoms with E-state index in [0.717, 1.165) is 38.4 Å². The third kappa shape index (κ3) is 12.9. The van der Waals surface area contributed by atoms with E-state index in [1.54, 1.807) is 0 Å². The second kappa shape index (κ2) is 12.6. The molecule has 0 fully saturated rings. The summed E-state index contributed by atoms with van der Waals surface area (Å²) in [5.74, 6) is -2.69. The summed E-state index contributed by atoms with van der Waals surface area (Å²) in [6, 6.07) is 9.95. The number of likely N-dealkylation sites (N-methyl/N-ethyl adjacent to an activating group) is 1. The molecular formula is C15H24N2O5. The van der Waals surface area contributed by atoms with Gasteiger partial charge in [-0.1, -0.05) is 18.2 Å². The predicted molar refractivity (Wildman–Crippen MR) is 83.2 cm³/mol. The fraction of sp³-hybridized carbons (Fsp3) is 0.467. The van der Waals surface area contributed by atoms with Gasteiger partial charge in [-0.3, -0.25) is 0 Å². The van der Waals surface area contributed by atoms with Crippen molar-refractivity contribution in [3.05, 3.63) is 30.3 Å². The van der Waals surface area contributed by atoms with E-state index < -0.39 is 11.9 Å². The van der Waals surface area contributed by atoms with E-state index in [-0.39, 0.29) is 0 Å². The van der Waals surface area contributed by atoms with Gasteiger partial charge in [-0.2, -0.15) is 0 Å². The number of hydrogen-bond donors (Lipinski definition) is 3. The fourth-order valence-electron chi connectivity index (χ4n) is 1.33. The molecule has 0 saturated carbocycles. The topological polar surface area (TPSA) is 99.1 Å². The van der Waals surface area contributed by atoms with Crippen molar-refractivity contribution in [3.63, 3.8) is 0 Å². The van der Waals surface area contributed by atoms with Crippen molar-refractivity contribution in [1.29, 1.82) is 0 Å². The number of ether oxygens (including phenoxy) is 1. The van der Waals surface area contributed by atoms with Crippen LogP contribution < -0.4 is 10.1 Å². The normalized spacial score (nSPS) is 9.77. The molecule has 0 heterocycles. The maximum absolute atomic E-state index is 9.10. The number of para-hydroxylation sites is 1. The van der Waals surface area contributed by atoms with Crippen molar-refractivity contribution < 1.29 is 24.5 Å². The third-order valence-electron chi connectivity index (χ3n) is 2.43. The zero-order chi connectivity index (χ0) is 16.8. The lowest BCUT2D eigenvalue weighted by molar-refractivity contribution is -0.159. The zero-order valence-electron chi connectivity index (χ0n) is 13.0. The van der Waals surface area contributed by atoms with E-state index in [0.29, 0.717) is 0 Å². The van der Waals surface area contributed by atoms with Crippen LogP contribution in [-0.2, 0) is 9.59 Å². The van der Waals surface area contributed by atoms with Crippen LogP contribution in [0.15, 0.2) is 30.3 Å². The summed E-state index contributed by atoms with van der Waals surface area (Å²) >= 11 is 0. The first kappa shape index (κ1) is 19.9. The molecule has 0 saturated heterocycles. The van der Waals surface area contributed by atoms with Gasteiger partial charge in [0.05, 0.1) is 6.61 Å². The number of nitrogens with zero attached hydrogens (tertiary/aromatic N) is 1. The number of aliphatic carboxylic acids is 2. The van der Waals surface area contributed by atoms with Gasteiger partial charge in [0.2, 0.25) is 0 Å². The van der Waals surface area contributed by atoms with Crippen LogP contribution in [0.4, 0.5) is 0 Å². The SMILES string of the molecule is CN(C)CCNCCCOc1ccccc1.O=C(O)C(=O)O. The maximum Gasteiger partial charge on any atom is 0.414 e. The van der Waals surface area contributed by atoms with Crippen molar-refractivity contribution >= 4 is 11.9 Å². The van der Waals surface area contributed by atoms with Crippen molar-refractivity contribution in [2.45, 2.75) is 6.42 Å². The summed E-state index contributed by atoms with van der Waals surface area (Å²) in [7, 11) is 4.17. The van der Waals surface area contributed by atoms with Crippen LogP contribution in [0, 0.1) is 0 Å². The minimum absolute atomic E-state index is 0.777. The summed E-state index contributed by atoms with van der Waals surface area (Å²) in [5.41, 5.74) is 0. The lowest BCUT2D eigenvalue weighted by atomic mass is 10.3. The molecule has 0 bridgehead atoms. The molecule has 0 spiro atoms. The number of carboxylic acids is 2. The minimum Gasteiger partial charge on any atom is -0.494 e. The van der Waals surface area contributed by atoms with E-state index in [9.17, 15) is 0 Å². The Bertz CT molecular complexity index is 411. The molecule has 0 aliphatic rings. The zero-order valence-corrected chi connectivity index (χ0v) is 13.0. The van der Waals surface area contributed by atoms with Crippen molar-refractivity contribution in [3.8, 4) is 5.75 Å². The molecule has 1 aromatic carbocycles. The van der Waals surface area contributed by atoms with Gasteiger partial charge in [0.15, 0.2) is 0 Å². The highest BCUT2D eigenvalue weighted by molar-refractivity contribution is 6.27. The van der Waals surface area contributed by atoms with Crippen molar-refractivity contribution in [2.75, 3.05) is 40.3 Å². The second-order valence-corrected chi connectivity index (χ2v) is 4.68. The molecule has 1 rings (SSSR count). The first-order valence-corrected chi connectivity index (χ1v) is 6.93. The van der Waals surface area contributed by atoms with Crippen LogP contribution in [0.25, 0.3) is 0 Å². The molecule has 22 heavy (non-hydrogen) atoms. The number of carbonyl (C=O) groups is 2. The van der Waals surface area contributed by atoms with Gasteiger partial charge in [0, 0.05) is 13.1 Å². The van der Waals surface area contributed by atoms with E-state index in [2.05, 4.69) is 24.3 Å². The fourth-order valence-corrected chi connectivity index (χ4v) is 1.33. The van der Waals surface area contributed by atoms with Crippen LogP contribution in [0.5, 0.6) is 5.75 Å². The Kier molecular flexibility index (Phi) is 11.4. The van der Waals surface area contributed by atoms with Crippen LogP contribution in [0.1, 0.15) is 6.42 Å². The van der Waals surface area contributed by atoms with E-state index in [4.69, 9.17) is 24.5 Å². The Morgan fingerprint density at radius 3 is 2.18 bits per heavy atom. The Morgan fingerprint density at radius 1 is 1.09 bits per heavy atom. The Morgan fingerprint density at radius 2 is 1.68 bits per heavy atom. The smallest absolute Gasteiger partial charge is 0.414 e. The maximum atomic E-state index is 9.10. The van der Waals surface area contributed by atoms with Gasteiger partial charge in [-0.05, 0) is 39.2 Å². The standard InChI is InChI=1S/C13H22N2O.C2H2O4/c1-15(2)11-10-14-9-6-12-16-13-7-4-3-5-8-13;3-1(4)2(5)6/h3-5,7-8,14H,6,9-12H2,1-2H3;(H,3,4)(H,5,6). The van der Waals surface area contributed by atoms with Crippen LogP contribution >= 0.6 is 0 Å². The highest BCUT2D eigenvalue weighted by Gasteiger charge is 2.04. The second-order valence-electron chi connectivity index (χ2n) is 4.68. The van der Waals surface area contributed by atoms with Gasteiger partial charge >= 0.3 is 11.9 Å². The molecular weight excluding hydrogens is 288 g/mol. The van der Waals surface area contributed by atoms with E-state index >= 15 is 0 Å². The lowest BCUT2D eigenvalue weighted by Crippen LogP contribution is -2.27. The molecule has 124 valence electrons. The summed E-state index contributed by atoms with van der Waals surface area (Å²) in [6.45, 7) is 3.91. The highest BCUT2D eigenvalue weighted by atomic mass is 16.5. The molecule has 0 radical (unpaired) electrons. The van der Waals surface area contributed by atoms with Crippen LogP contribution in [0.2, 0.25) is 0 Å². The average molecular weight is 312 g/mol. The predicted octanol–water partition coefficient (Wildman–Crippen LogP) is 0.762. The lowest BCUT2D eigenvalue weighted by Gasteiger charge is -2.10. The molecule has 0 aliphatic heterocycles. The largest absolute Gasteiger partial charge is 0.494 e. The molecule has 0 unspecified atom stereocenters. The number of nitrogens with one attached hydrogen (secondary N) is 1. The first-order chi connectivity index (χ1) is 10.4. The quantitative estimate of drug-likeness (QED) is 0.481. The van der Waals surface area contributed by atoms with Gasteiger partial charge in [0.25, 0.3) is 0 Å². The van der Waals surface area contributed by atoms with Crippen molar-refractivity contribution in [2.24, 2.45) is 0 Å². The molecule has 0 amide bonds. The Hall–Kier alpha value is -2.12. The Labute approximate surface area is 130 Å². The van der Waals surface area contributed by atoms with Gasteiger partial charge < -0.3 is 25.2 Å². The minimum atomic E-state index is -1.82. The summed E-state index contributed by atoms with van der Waals surface area (Å²) in [5, 5.41) is 18.2. The first-order valence-electron chi connectivity index (χ1n) is 6.93. The van der Waals surface area contributed by atoms with Crippen LogP contribution in [0.3, 0.4) is 0 Å². The molecule has 0 atom stereocenters. The van der Waals surface area contributed by atoms with Gasteiger partial charge in [0.1, 0.15) is 5.75 Å². The molecule has 3 N–H and O–H groups in total. The number of benzene rings is 1. The van der Waals surface area contributed by atoms with E-state index in [1.165, 1.54) is 0 Å². The van der Waals surface area contributed by atoms with Gasteiger partial charge in [-0.25, -0.2) is 9.59 Å². The summed E-state index contributed by atoms with van der Waals surface area (Å²) < 4.78 is 5.58. The monoisotopic (exact) mass is 312 g/mol. The molecule has 7 heteroatoms. The molecule has 0 aliphatic carbocycles. The van der Waals surface area contributed by atoms with E-state index in [1.807, 2.05) is 30.3 Å². The number of hydrogen-bond acceptors (Lipinski definition) is 5. The Balaban J connectivity index is 0.000000626. The average Bonchev–Trinajstić information content (AvgIpc) is 2.47. The third-order valence-corrected chi connectivity index (χ3v) is 2.43. The van der Waals surface area contributed by atoms with Gasteiger partial charge in [-0.15, -0.1) is 0 Å². The highest BCUT2D eigenvalue weighted by Crippen LogP contribution is 2.07. The molecule has 7 nitrogen and oxygen atoms in total. The number of carboxylic acid groups (broad SMARTS) is 2. The number of rotatable bonds is 8. The molecule has 0 aromatic heterocycles. The summed E-state index contributed by atoms with van der Waals surface area (Å²) in [6.07, 6.45) is 1.04. The van der Waals surface area contributed by atoms with Crippen LogP contribution in [-0.4, -0.2) is 67.4 Å². The van der Waals surface area contributed by atoms with Crippen molar-refractivity contribution in [1.82, 2.24) is 10.2 Å². The summed E-state index contributed by atoms with van der Waals surface area (Å²) in [4.78, 5) is 20.4.